The first-order valence-electron chi connectivity index (χ1n) is 6.28. The lowest BCUT2D eigenvalue weighted by atomic mass is 9.98. The van der Waals surface area contributed by atoms with Crippen LogP contribution < -0.4 is 10.6 Å². The summed E-state index contributed by atoms with van der Waals surface area (Å²) in [5.74, 6) is 1.39. The highest BCUT2D eigenvalue weighted by Gasteiger charge is 2.13. The van der Waals surface area contributed by atoms with Gasteiger partial charge >= 0.3 is 0 Å². The Morgan fingerprint density at radius 2 is 2.00 bits per heavy atom. The zero-order chi connectivity index (χ0) is 11.1. The highest BCUT2D eigenvalue weighted by molar-refractivity contribution is 4.71. The maximum atomic E-state index is 9.67. The van der Waals surface area contributed by atoms with Crippen molar-refractivity contribution in [3.8, 4) is 0 Å². The third kappa shape index (κ3) is 6.13. The smallest absolute Gasteiger partial charge is 0.0667 e. The summed E-state index contributed by atoms with van der Waals surface area (Å²) in [4.78, 5) is 0. The molecule has 0 aromatic carbocycles. The van der Waals surface area contributed by atoms with E-state index in [2.05, 4.69) is 24.5 Å². The first-order valence-corrected chi connectivity index (χ1v) is 6.28. The molecule has 0 aliphatic carbocycles. The molecule has 1 unspecified atom stereocenters. The van der Waals surface area contributed by atoms with Gasteiger partial charge in [-0.1, -0.05) is 13.8 Å². The molecular formula is C12H26N2O. The van der Waals surface area contributed by atoms with Gasteiger partial charge in [-0.25, -0.2) is 0 Å². The molecule has 0 spiro atoms. The van der Waals surface area contributed by atoms with E-state index in [0.29, 0.717) is 5.92 Å². The maximum absolute atomic E-state index is 9.67. The number of rotatable bonds is 6. The van der Waals surface area contributed by atoms with Gasteiger partial charge in [0.05, 0.1) is 6.10 Å². The molecule has 90 valence electrons. The monoisotopic (exact) mass is 214 g/mol. The number of piperidine rings is 1. The second-order valence-electron chi connectivity index (χ2n) is 5.13. The Bertz CT molecular complexity index is 156. The summed E-state index contributed by atoms with van der Waals surface area (Å²) in [7, 11) is 0. The second kappa shape index (κ2) is 7.20. The molecule has 0 amide bonds. The zero-order valence-corrected chi connectivity index (χ0v) is 10.1. The Labute approximate surface area is 93.6 Å². The lowest BCUT2D eigenvalue weighted by molar-refractivity contribution is 0.144. The van der Waals surface area contributed by atoms with Crippen LogP contribution in [0.3, 0.4) is 0 Å². The van der Waals surface area contributed by atoms with Gasteiger partial charge in [0.15, 0.2) is 0 Å². The third-order valence-corrected chi connectivity index (χ3v) is 3.02. The molecule has 1 aliphatic rings. The predicted octanol–water partition coefficient (Wildman–Crippen LogP) is 0.983. The summed E-state index contributed by atoms with van der Waals surface area (Å²) in [5, 5.41) is 16.4. The molecular weight excluding hydrogens is 188 g/mol. The molecule has 1 atom stereocenters. The van der Waals surface area contributed by atoms with E-state index in [0.717, 1.165) is 38.5 Å². The van der Waals surface area contributed by atoms with Gasteiger partial charge < -0.3 is 15.7 Å². The van der Waals surface area contributed by atoms with Crippen molar-refractivity contribution in [1.82, 2.24) is 10.6 Å². The lowest BCUT2D eigenvalue weighted by Crippen LogP contribution is -2.36. The molecule has 1 fully saturated rings. The molecule has 15 heavy (non-hydrogen) atoms. The largest absolute Gasteiger partial charge is 0.392 e. The fraction of sp³-hybridized carbons (Fsp3) is 1.00. The summed E-state index contributed by atoms with van der Waals surface area (Å²) >= 11 is 0. The van der Waals surface area contributed by atoms with Gasteiger partial charge in [0.25, 0.3) is 0 Å². The van der Waals surface area contributed by atoms with Gasteiger partial charge in [-0.05, 0) is 50.7 Å². The average molecular weight is 214 g/mol. The van der Waals surface area contributed by atoms with Crippen molar-refractivity contribution in [2.24, 2.45) is 11.8 Å². The Balaban J connectivity index is 1.99. The molecule has 1 rings (SSSR count). The van der Waals surface area contributed by atoms with Crippen molar-refractivity contribution in [2.45, 2.75) is 39.2 Å². The van der Waals surface area contributed by atoms with E-state index < -0.39 is 0 Å². The molecule has 1 heterocycles. The topological polar surface area (TPSA) is 44.3 Å². The minimum atomic E-state index is -0.174. The van der Waals surface area contributed by atoms with Gasteiger partial charge in [0.2, 0.25) is 0 Å². The van der Waals surface area contributed by atoms with Crippen LogP contribution in [0.4, 0.5) is 0 Å². The van der Waals surface area contributed by atoms with Crippen LogP contribution in [0.5, 0.6) is 0 Å². The Kier molecular flexibility index (Phi) is 6.22. The summed E-state index contributed by atoms with van der Waals surface area (Å²) in [6, 6.07) is 0. The Morgan fingerprint density at radius 1 is 1.33 bits per heavy atom. The number of nitrogens with one attached hydrogen (secondary N) is 2. The van der Waals surface area contributed by atoms with Crippen molar-refractivity contribution >= 4 is 0 Å². The van der Waals surface area contributed by atoms with E-state index >= 15 is 0 Å². The van der Waals surface area contributed by atoms with E-state index in [1.807, 2.05) is 0 Å². The van der Waals surface area contributed by atoms with Gasteiger partial charge in [-0.2, -0.15) is 0 Å². The molecule has 0 bridgehead atoms. The minimum absolute atomic E-state index is 0.174. The van der Waals surface area contributed by atoms with Crippen molar-refractivity contribution < 1.29 is 5.11 Å². The number of aliphatic hydroxyl groups is 1. The van der Waals surface area contributed by atoms with Gasteiger partial charge in [-0.3, -0.25) is 0 Å². The van der Waals surface area contributed by atoms with Crippen molar-refractivity contribution in [3.63, 3.8) is 0 Å². The molecule has 0 saturated carbocycles. The van der Waals surface area contributed by atoms with E-state index in [1.54, 1.807) is 0 Å². The Morgan fingerprint density at radius 3 is 2.60 bits per heavy atom. The predicted molar refractivity (Wildman–Crippen MR) is 63.9 cm³/mol. The summed E-state index contributed by atoms with van der Waals surface area (Å²) < 4.78 is 0. The van der Waals surface area contributed by atoms with E-state index in [1.165, 1.54) is 12.8 Å². The molecule has 0 aromatic heterocycles. The summed E-state index contributed by atoms with van der Waals surface area (Å²) in [6.45, 7) is 8.42. The van der Waals surface area contributed by atoms with E-state index in [9.17, 15) is 5.11 Å². The molecule has 3 N–H and O–H groups in total. The summed E-state index contributed by atoms with van der Waals surface area (Å²) in [5.41, 5.74) is 0. The first kappa shape index (κ1) is 12.9. The van der Waals surface area contributed by atoms with Crippen LogP contribution in [-0.2, 0) is 0 Å². The normalized spacial score (nSPS) is 20.8. The standard InChI is InChI=1S/C12H26N2O/c1-10(2)7-12(15)9-14-8-11-3-5-13-6-4-11/h10-15H,3-9H2,1-2H3. The fourth-order valence-electron chi connectivity index (χ4n) is 2.17. The van der Waals surface area contributed by atoms with Crippen LogP contribution >= 0.6 is 0 Å². The van der Waals surface area contributed by atoms with Crippen LogP contribution in [-0.4, -0.2) is 37.4 Å². The Hall–Kier alpha value is -0.120. The molecule has 0 aromatic rings. The molecule has 3 heteroatoms. The number of hydrogen-bond acceptors (Lipinski definition) is 3. The fourth-order valence-corrected chi connectivity index (χ4v) is 2.17. The van der Waals surface area contributed by atoms with Crippen LogP contribution in [0.25, 0.3) is 0 Å². The quantitative estimate of drug-likeness (QED) is 0.617. The van der Waals surface area contributed by atoms with Gasteiger partial charge in [0.1, 0.15) is 0 Å². The van der Waals surface area contributed by atoms with Crippen LogP contribution in [0.1, 0.15) is 33.1 Å². The minimum Gasteiger partial charge on any atom is -0.392 e. The molecule has 0 radical (unpaired) electrons. The number of hydrogen-bond donors (Lipinski definition) is 3. The van der Waals surface area contributed by atoms with Gasteiger partial charge in [0, 0.05) is 6.54 Å². The first-order chi connectivity index (χ1) is 7.18. The molecule has 1 saturated heterocycles. The maximum Gasteiger partial charge on any atom is 0.0667 e. The zero-order valence-electron chi connectivity index (χ0n) is 10.1. The third-order valence-electron chi connectivity index (χ3n) is 3.02. The molecule has 3 nitrogen and oxygen atoms in total. The molecule has 1 aliphatic heterocycles. The van der Waals surface area contributed by atoms with E-state index in [-0.39, 0.29) is 6.10 Å². The number of aliphatic hydroxyl groups excluding tert-OH is 1. The highest BCUT2D eigenvalue weighted by Crippen LogP contribution is 2.10. The van der Waals surface area contributed by atoms with Crippen LogP contribution in [0.2, 0.25) is 0 Å². The second-order valence-corrected chi connectivity index (χ2v) is 5.13. The van der Waals surface area contributed by atoms with Crippen LogP contribution in [0.15, 0.2) is 0 Å². The van der Waals surface area contributed by atoms with E-state index in [4.69, 9.17) is 0 Å². The van der Waals surface area contributed by atoms with Crippen molar-refractivity contribution in [3.05, 3.63) is 0 Å². The van der Waals surface area contributed by atoms with Crippen molar-refractivity contribution in [2.75, 3.05) is 26.2 Å². The SMILES string of the molecule is CC(C)CC(O)CNCC1CCNCC1. The van der Waals surface area contributed by atoms with Crippen molar-refractivity contribution in [1.29, 1.82) is 0 Å². The van der Waals surface area contributed by atoms with Crippen LogP contribution in [0, 0.1) is 11.8 Å². The highest BCUT2D eigenvalue weighted by atomic mass is 16.3. The summed E-state index contributed by atoms with van der Waals surface area (Å²) in [6.07, 6.45) is 3.27. The average Bonchev–Trinajstić information content (AvgIpc) is 2.18. The lowest BCUT2D eigenvalue weighted by Gasteiger charge is -2.23. The van der Waals surface area contributed by atoms with Gasteiger partial charge in [-0.15, -0.1) is 0 Å².